The van der Waals surface area contributed by atoms with E-state index in [-0.39, 0.29) is 0 Å². The largest absolute Gasteiger partial charge is 0.494 e. The van der Waals surface area contributed by atoms with Crippen LogP contribution in [0, 0.1) is 11.8 Å². The molecule has 20 heavy (non-hydrogen) atoms. The Morgan fingerprint density at radius 1 is 1.15 bits per heavy atom. The predicted molar refractivity (Wildman–Crippen MR) is 85.0 cm³/mol. The Balaban J connectivity index is 1.79. The van der Waals surface area contributed by atoms with E-state index in [4.69, 9.17) is 4.74 Å². The number of ether oxygens (including phenoxy) is 1. The van der Waals surface area contributed by atoms with E-state index >= 15 is 0 Å². The van der Waals surface area contributed by atoms with Crippen LogP contribution in [0.15, 0.2) is 24.3 Å². The zero-order valence-electron chi connectivity index (χ0n) is 13.2. The van der Waals surface area contributed by atoms with Gasteiger partial charge in [-0.05, 0) is 48.8 Å². The van der Waals surface area contributed by atoms with Gasteiger partial charge in [-0.25, -0.2) is 0 Å². The molecule has 2 rings (SSSR count). The Labute approximate surface area is 123 Å². The second kappa shape index (κ2) is 7.68. The van der Waals surface area contributed by atoms with Gasteiger partial charge in [0.25, 0.3) is 0 Å². The smallest absolute Gasteiger partial charge is 0.119 e. The molecule has 0 aliphatic heterocycles. The predicted octanol–water partition coefficient (Wildman–Crippen LogP) is 4.39. The number of hydrogen-bond donors (Lipinski definition) is 1. The fraction of sp³-hybridized carbons (Fsp3) is 0.667. The molecule has 1 saturated carbocycles. The highest BCUT2D eigenvalue weighted by Gasteiger charge is 2.30. The van der Waals surface area contributed by atoms with Crippen molar-refractivity contribution in [1.82, 2.24) is 5.32 Å². The minimum Gasteiger partial charge on any atom is -0.494 e. The molecule has 2 nitrogen and oxygen atoms in total. The fourth-order valence-electron chi connectivity index (χ4n) is 3.28. The van der Waals surface area contributed by atoms with Gasteiger partial charge in [0.15, 0.2) is 0 Å². The lowest BCUT2D eigenvalue weighted by molar-refractivity contribution is 0.317. The van der Waals surface area contributed by atoms with Gasteiger partial charge in [-0.3, -0.25) is 0 Å². The highest BCUT2D eigenvalue weighted by Crippen LogP contribution is 2.33. The molecule has 3 atom stereocenters. The third kappa shape index (κ3) is 3.99. The Morgan fingerprint density at radius 2 is 1.90 bits per heavy atom. The molecule has 0 heterocycles. The lowest BCUT2D eigenvalue weighted by atomic mass is 9.93. The summed E-state index contributed by atoms with van der Waals surface area (Å²) >= 11 is 0. The number of hydrogen-bond acceptors (Lipinski definition) is 2. The summed E-state index contributed by atoms with van der Waals surface area (Å²) < 4.78 is 5.61. The second-order valence-corrected chi connectivity index (χ2v) is 6.08. The Kier molecular flexibility index (Phi) is 5.90. The van der Waals surface area contributed by atoms with Crippen LogP contribution in [-0.4, -0.2) is 12.6 Å². The molecule has 0 spiro atoms. The molecule has 2 heteroatoms. The Morgan fingerprint density at radius 3 is 2.50 bits per heavy atom. The summed E-state index contributed by atoms with van der Waals surface area (Å²) in [5.41, 5.74) is 1.35. The van der Waals surface area contributed by atoms with Gasteiger partial charge in [0.1, 0.15) is 5.75 Å². The summed E-state index contributed by atoms with van der Waals surface area (Å²) in [5, 5.41) is 3.73. The fourth-order valence-corrected chi connectivity index (χ4v) is 3.28. The van der Waals surface area contributed by atoms with Gasteiger partial charge in [0, 0.05) is 12.6 Å². The van der Waals surface area contributed by atoms with Crippen LogP contribution < -0.4 is 10.1 Å². The van der Waals surface area contributed by atoms with Crippen LogP contribution in [0.4, 0.5) is 0 Å². The number of benzene rings is 1. The van der Waals surface area contributed by atoms with Crippen LogP contribution in [0.3, 0.4) is 0 Å². The van der Waals surface area contributed by atoms with Crippen LogP contribution in [0.25, 0.3) is 0 Å². The molecule has 1 fully saturated rings. The van der Waals surface area contributed by atoms with E-state index in [0.29, 0.717) is 6.04 Å². The maximum Gasteiger partial charge on any atom is 0.119 e. The molecule has 112 valence electrons. The van der Waals surface area contributed by atoms with E-state index in [1.807, 2.05) is 0 Å². The van der Waals surface area contributed by atoms with Crippen molar-refractivity contribution in [2.75, 3.05) is 6.61 Å². The topological polar surface area (TPSA) is 21.3 Å². The summed E-state index contributed by atoms with van der Waals surface area (Å²) in [5.74, 6) is 2.71. The first-order valence-corrected chi connectivity index (χ1v) is 8.19. The van der Waals surface area contributed by atoms with Gasteiger partial charge in [0.2, 0.25) is 0 Å². The molecular weight excluding hydrogens is 246 g/mol. The first-order valence-electron chi connectivity index (χ1n) is 8.19. The molecule has 1 aliphatic rings. The lowest BCUT2D eigenvalue weighted by Gasteiger charge is -2.21. The molecule has 0 aromatic heterocycles. The van der Waals surface area contributed by atoms with Gasteiger partial charge in [-0.1, -0.05) is 39.3 Å². The summed E-state index contributed by atoms with van der Waals surface area (Å²) in [6, 6.07) is 9.21. The molecule has 1 aliphatic carbocycles. The molecule has 0 radical (unpaired) electrons. The van der Waals surface area contributed by atoms with Crippen LogP contribution in [0.1, 0.15) is 52.0 Å². The van der Waals surface area contributed by atoms with Crippen molar-refractivity contribution in [3.8, 4) is 5.75 Å². The SMILES string of the molecule is CCCOc1ccc(CNC2CCC(CC)C2C)cc1. The van der Waals surface area contributed by atoms with Crippen LogP contribution in [0.2, 0.25) is 0 Å². The highest BCUT2D eigenvalue weighted by atomic mass is 16.5. The Bertz CT molecular complexity index is 387. The van der Waals surface area contributed by atoms with Gasteiger partial charge in [-0.15, -0.1) is 0 Å². The molecular formula is C18H29NO. The van der Waals surface area contributed by atoms with Crippen molar-refractivity contribution >= 4 is 0 Å². The average molecular weight is 275 g/mol. The van der Waals surface area contributed by atoms with Gasteiger partial charge < -0.3 is 10.1 Å². The highest BCUT2D eigenvalue weighted by molar-refractivity contribution is 5.27. The average Bonchev–Trinajstić information content (AvgIpc) is 2.84. The minimum atomic E-state index is 0.691. The van der Waals surface area contributed by atoms with Gasteiger partial charge >= 0.3 is 0 Å². The van der Waals surface area contributed by atoms with Crippen molar-refractivity contribution in [1.29, 1.82) is 0 Å². The molecule has 0 saturated heterocycles. The summed E-state index contributed by atoms with van der Waals surface area (Å²) in [4.78, 5) is 0. The third-order valence-corrected chi connectivity index (χ3v) is 4.72. The molecule has 1 aromatic carbocycles. The lowest BCUT2D eigenvalue weighted by Crippen LogP contribution is -2.32. The van der Waals surface area contributed by atoms with Crippen molar-refractivity contribution in [3.63, 3.8) is 0 Å². The van der Waals surface area contributed by atoms with E-state index in [1.165, 1.54) is 24.8 Å². The second-order valence-electron chi connectivity index (χ2n) is 6.08. The van der Waals surface area contributed by atoms with Crippen molar-refractivity contribution in [2.24, 2.45) is 11.8 Å². The van der Waals surface area contributed by atoms with E-state index in [0.717, 1.165) is 37.2 Å². The van der Waals surface area contributed by atoms with Crippen molar-refractivity contribution in [3.05, 3.63) is 29.8 Å². The number of rotatable bonds is 7. The standard InChI is InChI=1S/C18H29NO/c1-4-12-20-17-9-6-15(7-10-17)13-19-18-11-8-16(5-2)14(18)3/h6-7,9-10,14,16,18-19H,4-5,8,11-13H2,1-3H3. The summed E-state index contributed by atoms with van der Waals surface area (Å²) in [6.45, 7) is 8.62. The van der Waals surface area contributed by atoms with Crippen LogP contribution in [-0.2, 0) is 6.54 Å². The molecule has 1 N–H and O–H groups in total. The summed E-state index contributed by atoms with van der Waals surface area (Å²) in [6.07, 6.45) is 5.10. The van der Waals surface area contributed by atoms with E-state index < -0.39 is 0 Å². The zero-order chi connectivity index (χ0) is 14.4. The molecule has 0 amide bonds. The van der Waals surface area contributed by atoms with Crippen molar-refractivity contribution in [2.45, 2.75) is 59.0 Å². The van der Waals surface area contributed by atoms with Crippen LogP contribution in [0.5, 0.6) is 5.75 Å². The summed E-state index contributed by atoms with van der Waals surface area (Å²) in [7, 11) is 0. The quantitative estimate of drug-likeness (QED) is 0.797. The zero-order valence-corrected chi connectivity index (χ0v) is 13.2. The van der Waals surface area contributed by atoms with Crippen LogP contribution >= 0.6 is 0 Å². The first kappa shape index (κ1) is 15.4. The maximum atomic E-state index is 5.61. The molecule has 1 aromatic rings. The number of nitrogens with one attached hydrogen (secondary N) is 1. The third-order valence-electron chi connectivity index (χ3n) is 4.72. The van der Waals surface area contributed by atoms with Crippen molar-refractivity contribution < 1.29 is 4.74 Å². The van der Waals surface area contributed by atoms with E-state index in [2.05, 4.69) is 50.4 Å². The molecule has 3 unspecified atom stereocenters. The maximum absolute atomic E-state index is 5.61. The minimum absolute atomic E-state index is 0.691. The Hall–Kier alpha value is -1.02. The van der Waals surface area contributed by atoms with E-state index in [1.54, 1.807) is 0 Å². The van der Waals surface area contributed by atoms with Gasteiger partial charge in [0.05, 0.1) is 6.61 Å². The first-order chi connectivity index (χ1) is 9.74. The normalized spacial score (nSPS) is 25.9. The monoisotopic (exact) mass is 275 g/mol. The van der Waals surface area contributed by atoms with Gasteiger partial charge in [-0.2, -0.15) is 0 Å². The van der Waals surface area contributed by atoms with E-state index in [9.17, 15) is 0 Å². The molecule has 0 bridgehead atoms.